The Morgan fingerprint density at radius 1 is 1.06 bits per heavy atom. The molecular weight excluding hydrogens is 431 g/mol. The summed E-state index contributed by atoms with van der Waals surface area (Å²) < 4.78 is 23.3. The predicted octanol–water partition coefficient (Wildman–Crippen LogP) is 3.32. The van der Waals surface area contributed by atoms with Gasteiger partial charge >= 0.3 is 11.9 Å². The zero-order valence-corrected chi connectivity index (χ0v) is 18.2. The van der Waals surface area contributed by atoms with Crippen molar-refractivity contribution in [2.24, 2.45) is 5.92 Å². The molecule has 2 aromatic rings. The van der Waals surface area contributed by atoms with Crippen LogP contribution in [0.2, 0.25) is 0 Å². The van der Waals surface area contributed by atoms with E-state index in [1.165, 1.54) is 41.3 Å². The third kappa shape index (κ3) is 6.61. The highest BCUT2D eigenvalue weighted by Gasteiger charge is 2.36. The molecule has 0 unspecified atom stereocenters. The number of anilines is 2. The maximum Gasteiger partial charge on any atom is 0.338 e. The van der Waals surface area contributed by atoms with Gasteiger partial charge in [-0.15, -0.1) is 0 Å². The number of ether oxygens (including phenoxy) is 2. The molecule has 0 bridgehead atoms. The zero-order valence-electron chi connectivity index (χ0n) is 18.2. The zero-order chi connectivity index (χ0) is 23.8. The molecule has 1 atom stereocenters. The summed E-state index contributed by atoms with van der Waals surface area (Å²) in [7, 11) is 0. The van der Waals surface area contributed by atoms with Crippen LogP contribution in [0.5, 0.6) is 0 Å². The minimum absolute atomic E-state index is 0.0480. The van der Waals surface area contributed by atoms with Crippen molar-refractivity contribution in [1.29, 1.82) is 0 Å². The van der Waals surface area contributed by atoms with E-state index in [1.807, 2.05) is 6.92 Å². The summed E-state index contributed by atoms with van der Waals surface area (Å²) >= 11 is 0. The molecule has 1 fully saturated rings. The van der Waals surface area contributed by atoms with Crippen LogP contribution in [0.4, 0.5) is 15.8 Å². The maximum absolute atomic E-state index is 13.1. The van der Waals surface area contributed by atoms with Crippen molar-refractivity contribution >= 4 is 35.1 Å². The summed E-state index contributed by atoms with van der Waals surface area (Å²) in [5.74, 6) is -3.06. The van der Waals surface area contributed by atoms with Gasteiger partial charge in [0.15, 0.2) is 6.61 Å². The molecule has 0 radical (unpaired) electrons. The number of amides is 2. The van der Waals surface area contributed by atoms with Crippen molar-refractivity contribution in [3.8, 4) is 0 Å². The Kier molecular flexibility index (Phi) is 8.12. The highest BCUT2D eigenvalue weighted by Crippen LogP contribution is 2.26. The Morgan fingerprint density at radius 3 is 2.42 bits per heavy atom. The van der Waals surface area contributed by atoms with E-state index in [2.05, 4.69) is 5.32 Å². The largest absolute Gasteiger partial charge is 0.462 e. The number of halogens is 1. The predicted molar refractivity (Wildman–Crippen MR) is 118 cm³/mol. The van der Waals surface area contributed by atoms with E-state index in [4.69, 9.17) is 9.47 Å². The molecule has 0 aliphatic carbocycles. The Balaban J connectivity index is 1.45. The van der Waals surface area contributed by atoms with Gasteiger partial charge in [-0.1, -0.05) is 13.3 Å². The number of rotatable bonds is 9. The van der Waals surface area contributed by atoms with Crippen LogP contribution in [-0.4, -0.2) is 43.5 Å². The second-order valence-corrected chi connectivity index (χ2v) is 7.60. The normalized spacial score (nSPS) is 15.3. The van der Waals surface area contributed by atoms with Crippen LogP contribution in [0.25, 0.3) is 0 Å². The minimum Gasteiger partial charge on any atom is -0.462 e. The lowest BCUT2D eigenvalue weighted by Gasteiger charge is -2.16. The molecular formula is C24H25FN2O6. The Bertz CT molecular complexity index is 1010. The van der Waals surface area contributed by atoms with Crippen molar-refractivity contribution in [3.63, 3.8) is 0 Å². The summed E-state index contributed by atoms with van der Waals surface area (Å²) in [5.41, 5.74) is 1.29. The van der Waals surface area contributed by atoms with Crippen molar-refractivity contribution in [2.45, 2.75) is 26.2 Å². The second-order valence-electron chi connectivity index (χ2n) is 7.60. The summed E-state index contributed by atoms with van der Waals surface area (Å²) in [6.07, 6.45) is 1.66. The van der Waals surface area contributed by atoms with Gasteiger partial charge < -0.3 is 19.7 Å². The number of nitrogens with one attached hydrogen (secondary N) is 1. The molecule has 2 aromatic carbocycles. The van der Waals surface area contributed by atoms with Crippen LogP contribution in [0, 0.1) is 11.7 Å². The molecule has 0 aromatic heterocycles. The van der Waals surface area contributed by atoms with Crippen molar-refractivity contribution in [2.75, 3.05) is 30.0 Å². The third-order valence-corrected chi connectivity index (χ3v) is 5.08. The molecule has 1 aliphatic heterocycles. The average molecular weight is 456 g/mol. The quantitative estimate of drug-likeness (QED) is 0.459. The van der Waals surface area contributed by atoms with E-state index in [1.54, 1.807) is 12.1 Å². The van der Waals surface area contributed by atoms with Crippen LogP contribution < -0.4 is 10.2 Å². The van der Waals surface area contributed by atoms with Crippen molar-refractivity contribution in [3.05, 3.63) is 59.9 Å². The van der Waals surface area contributed by atoms with E-state index >= 15 is 0 Å². The lowest BCUT2D eigenvalue weighted by atomic mass is 10.1. The molecule has 0 spiro atoms. The summed E-state index contributed by atoms with van der Waals surface area (Å²) in [4.78, 5) is 49.9. The number of hydrogen-bond acceptors (Lipinski definition) is 6. The van der Waals surface area contributed by atoms with E-state index < -0.39 is 36.2 Å². The Hall–Kier alpha value is -3.75. The minimum atomic E-state index is -0.714. The van der Waals surface area contributed by atoms with Gasteiger partial charge in [-0.25, -0.2) is 9.18 Å². The topological polar surface area (TPSA) is 102 Å². The van der Waals surface area contributed by atoms with Gasteiger partial charge in [0.2, 0.25) is 5.91 Å². The number of esters is 2. The van der Waals surface area contributed by atoms with Gasteiger partial charge in [0.25, 0.3) is 5.91 Å². The standard InChI is InChI=1S/C24H25FN2O6/c1-2-3-12-32-23(30)16-4-8-19(9-5-16)26-21(28)15-33-24(31)17-13-22(29)27(14-17)20-10-6-18(25)7-11-20/h4-11,17H,2-3,12-15H2,1H3,(H,26,28)/t17-/m1/s1. The Labute approximate surface area is 190 Å². The molecule has 8 nitrogen and oxygen atoms in total. The van der Waals surface area contributed by atoms with Crippen molar-refractivity contribution in [1.82, 2.24) is 0 Å². The Morgan fingerprint density at radius 2 is 1.76 bits per heavy atom. The van der Waals surface area contributed by atoms with Gasteiger partial charge in [-0.05, 0) is 55.0 Å². The van der Waals surface area contributed by atoms with Crippen LogP contribution in [-0.2, 0) is 23.9 Å². The number of carbonyl (C=O) groups is 4. The number of benzene rings is 2. The van der Waals surface area contributed by atoms with Gasteiger partial charge in [0, 0.05) is 24.3 Å². The fourth-order valence-corrected chi connectivity index (χ4v) is 3.27. The molecule has 9 heteroatoms. The van der Waals surface area contributed by atoms with E-state index in [9.17, 15) is 23.6 Å². The molecule has 0 saturated carbocycles. The third-order valence-electron chi connectivity index (χ3n) is 5.08. The fraction of sp³-hybridized carbons (Fsp3) is 0.333. The first kappa shape index (κ1) is 23.9. The number of carbonyl (C=O) groups excluding carboxylic acids is 4. The van der Waals surface area contributed by atoms with Crippen LogP contribution in [0.3, 0.4) is 0 Å². The number of nitrogens with zero attached hydrogens (tertiary/aromatic N) is 1. The number of hydrogen-bond donors (Lipinski definition) is 1. The van der Waals surface area contributed by atoms with E-state index in [-0.39, 0.29) is 18.9 Å². The van der Waals surface area contributed by atoms with E-state index in [0.717, 1.165) is 12.8 Å². The molecule has 1 saturated heterocycles. The highest BCUT2D eigenvalue weighted by atomic mass is 19.1. The smallest absolute Gasteiger partial charge is 0.338 e. The second kappa shape index (κ2) is 11.2. The molecule has 3 rings (SSSR count). The lowest BCUT2D eigenvalue weighted by molar-refractivity contribution is -0.151. The number of unbranched alkanes of at least 4 members (excludes halogenated alkanes) is 1. The molecule has 1 N–H and O–H groups in total. The molecule has 1 aliphatic rings. The summed E-state index contributed by atoms with van der Waals surface area (Å²) in [6.45, 7) is 1.94. The van der Waals surface area contributed by atoms with Crippen LogP contribution in [0.1, 0.15) is 36.5 Å². The van der Waals surface area contributed by atoms with Crippen LogP contribution in [0.15, 0.2) is 48.5 Å². The van der Waals surface area contributed by atoms with Gasteiger partial charge in [-0.2, -0.15) is 0 Å². The molecule has 1 heterocycles. The summed E-state index contributed by atoms with van der Waals surface area (Å²) in [5, 5.41) is 2.57. The van der Waals surface area contributed by atoms with Crippen molar-refractivity contribution < 1.29 is 33.0 Å². The first-order valence-corrected chi connectivity index (χ1v) is 10.7. The van der Waals surface area contributed by atoms with Crippen LogP contribution >= 0.6 is 0 Å². The van der Waals surface area contributed by atoms with Gasteiger partial charge in [0.1, 0.15) is 5.82 Å². The monoisotopic (exact) mass is 456 g/mol. The molecule has 174 valence electrons. The van der Waals surface area contributed by atoms with Gasteiger partial charge in [-0.3, -0.25) is 14.4 Å². The maximum atomic E-state index is 13.1. The molecule has 2 amide bonds. The van der Waals surface area contributed by atoms with Gasteiger partial charge in [0.05, 0.1) is 18.1 Å². The summed E-state index contributed by atoms with van der Waals surface area (Å²) in [6, 6.07) is 11.6. The molecule has 33 heavy (non-hydrogen) atoms. The average Bonchev–Trinajstić information content (AvgIpc) is 3.20. The van der Waals surface area contributed by atoms with E-state index in [0.29, 0.717) is 23.5 Å². The first-order chi connectivity index (χ1) is 15.9. The fourth-order valence-electron chi connectivity index (χ4n) is 3.27. The lowest BCUT2D eigenvalue weighted by Crippen LogP contribution is -2.28. The first-order valence-electron chi connectivity index (χ1n) is 10.7. The SMILES string of the molecule is CCCCOC(=O)c1ccc(NC(=O)COC(=O)[C@@H]2CC(=O)N(c3ccc(F)cc3)C2)cc1. The highest BCUT2D eigenvalue weighted by molar-refractivity contribution is 6.00.